The summed E-state index contributed by atoms with van der Waals surface area (Å²) in [4.78, 5) is 17.7. The third kappa shape index (κ3) is 3.63. The maximum absolute atomic E-state index is 12.6. The standard InChI is InChI=1S/C19H19N3OS/c1-12-9-10-13(2)16(11-12)22-18(23)17-14(3)20-19(24-17)21-15-7-5-4-6-8-15/h4-11H,1-3H3,(H,20,21)(H,22,23). The summed E-state index contributed by atoms with van der Waals surface area (Å²) in [6.45, 7) is 5.84. The predicted octanol–water partition coefficient (Wildman–Crippen LogP) is 5.06. The Morgan fingerprint density at radius 1 is 1.04 bits per heavy atom. The number of aryl methyl sites for hydroxylation is 3. The largest absolute Gasteiger partial charge is 0.332 e. The van der Waals surface area contributed by atoms with Crippen LogP contribution in [0.25, 0.3) is 0 Å². The minimum Gasteiger partial charge on any atom is -0.332 e. The number of benzene rings is 2. The number of rotatable bonds is 4. The zero-order valence-electron chi connectivity index (χ0n) is 13.9. The number of thiazole rings is 1. The molecule has 0 radical (unpaired) electrons. The summed E-state index contributed by atoms with van der Waals surface area (Å²) in [6, 6.07) is 15.8. The Kier molecular flexibility index (Phi) is 4.62. The Morgan fingerprint density at radius 2 is 1.79 bits per heavy atom. The van der Waals surface area contributed by atoms with Gasteiger partial charge in [0.1, 0.15) is 4.88 Å². The van der Waals surface area contributed by atoms with Crippen LogP contribution in [0.2, 0.25) is 0 Å². The van der Waals surface area contributed by atoms with Gasteiger partial charge in [-0.3, -0.25) is 4.79 Å². The minimum atomic E-state index is -0.125. The summed E-state index contributed by atoms with van der Waals surface area (Å²) in [6.07, 6.45) is 0. The fourth-order valence-electron chi connectivity index (χ4n) is 2.36. The molecule has 0 aliphatic carbocycles. The molecule has 0 bridgehead atoms. The van der Waals surface area contributed by atoms with Gasteiger partial charge in [-0.05, 0) is 50.1 Å². The first kappa shape index (κ1) is 16.2. The van der Waals surface area contributed by atoms with Crippen molar-refractivity contribution in [2.75, 3.05) is 10.6 Å². The number of hydrogen-bond acceptors (Lipinski definition) is 4. The van der Waals surface area contributed by atoms with Crippen LogP contribution in [-0.4, -0.2) is 10.9 Å². The number of aromatic nitrogens is 1. The number of carbonyl (C=O) groups excluding carboxylic acids is 1. The van der Waals surface area contributed by atoms with Crippen LogP contribution in [0, 0.1) is 20.8 Å². The molecule has 0 aliphatic rings. The van der Waals surface area contributed by atoms with E-state index in [9.17, 15) is 4.79 Å². The summed E-state index contributed by atoms with van der Waals surface area (Å²) >= 11 is 1.36. The fourth-order valence-corrected chi connectivity index (χ4v) is 3.24. The lowest BCUT2D eigenvalue weighted by Gasteiger charge is -2.08. The second-order valence-corrected chi connectivity index (χ2v) is 6.70. The number of nitrogens with one attached hydrogen (secondary N) is 2. The van der Waals surface area contributed by atoms with Crippen molar-refractivity contribution in [3.63, 3.8) is 0 Å². The number of carbonyl (C=O) groups is 1. The Hall–Kier alpha value is -2.66. The maximum Gasteiger partial charge on any atom is 0.267 e. The molecular weight excluding hydrogens is 318 g/mol. The number of anilines is 3. The van der Waals surface area contributed by atoms with Crippen LogP contribution >= 0.6 is 11.3 Å². The first-order valence-corrected chi connectivity index (χ1v) is 8.52. The van der Waals surface area contributed by atoms with E-state index in [1.54, 1.807) is 0 Å². The molecule has 1 aromatic heterocycles. The van der Waals surface area contributed by atoms with E-state index in [0.29, 0.717) is 10.0 Å². The molecule has 122 valence electrons. The average Bonchev–Trinajstić information content (AvgIpc) is 2.92. The van der Waals surface area contributed by atoms with Gasteiger partial charge in [0, 0.05) is 11.4 Å². The van der Waals surface area contributed by atoms with Crippen LogP contribution in [-0.2, 0) is 0 Å². The highest BCUT2D eigenvalue weighted by molar-refractivity contribution is 7.17. The van der Waals surface area contributed by atoms with Crippen LogP contribution in [0.15, 0.2) is 48.5 Å². The Balaban J connectivity index is 1.79. The van der Waals surface area contributed by atoms with Crippen molar-refractivity contribution in [1.29, 1.82) is 0 Å². The van der Waals surface area contributed by atoms with E-state index in [4.69, 9.17) is 0 Å². The zero-order chi connectivity index (χ0) is 17.1. The molecule has 24 heavy (non-hydrogen) atoms. The van der Waals surface area contributed by atoms with Crippen molar-refractivity contribution < 1.29 is 4.79 Å². The molecule has 2 aromatic carbocycles. The summed E-state index contributed by atoms with van der Waals surface area (Å²) < 4.78 is 0. The van der Waals surface area contributed by atoms with E-state index < -0.39 is 0 Å². The molecule has 4 nitrogen and oxygen atoms in total. The van der Waals surface area contributed by atoms with Crippen molar-refractivity contribution in [1.82, 2.24) is 4.98 Å². The van der Waals surface area contributed by atoms with Crippen molar-refractivity contribution in [3.05, 3.63) is 70.2 Å². The molecule has 0 spiro atoms. The molecule has 0 atom stereocenters. The van der Waals surface area contributed by atoms with E-state index in [1.165, 1.54) is 11.3 Å². The van der Waals surface area contributed by atoms with Gasteiger partial charge >= 0.3 is 0 Å². The zero-order valence-corrected chi connectivity index (χ0v) is 14.7. The highest BCUT2D eigenvalue weighted by Crippen LogP contribution is 2.27. The van der Waals surface area contributed by atoms with Crippen molar-refractivity contribution in [2.24, 2.45) is 0 Å². The number of nitrogens with zero attached hydrogens (tertiary/aromatic N) is 1. The lowest BCUT2D eigenvalue weighted by molar-refractivity contribution is 0.102. The molecule has 2 N–H and O–H groups in total. The lowest BCUT2D eigenvalue weighted by atomic mass is 10.1. The van der Waals surface area contributed by atoms with Crippen LogP contribution in [0.1, 0.15) is 26.5 Å². The van der Waals surface area contributed by atoms with E-state index in [1.807, 2.05) is 69.3 Å². The Morgan fingerprint density at radius 3 is 2.54 bits per heavy atom. The molecule has 3 aromatic rings. The molecule has 0 aliphatic heterocycles. The van der Waals surface area contributed by atoms with E-state index in [-0.39, 0.29) is 5.91 Å². The van der Waals surface area contributed by atoms with Crippen LogP contribution in [0.5, 0.6) is 0 Å². The summed E-state index contributed by atoms with van der Waals surface area (Å²) in [7, 11) is 0. The quantitative estimate of drug-likeness (QED) is 0.699. The van der Waals surface area contributed by atoms with Gasteiger partial charge < -0.3 is 10.6 Å². The van der Waals surface area contributed by atoms with Crippen molar-refractivity contribution in [3.8, 4) is 0 Å². The average molecular weight is 337 g/mol. The number of hydrogen-bond donors (Lipinski definition) is 2. The smallest absolute Gasteiger partial charge is 0.267 e. The number of amides is 1. The van der Waals surface area contributed by atoms with Crippen molar-refractivity contribution >= 4 is 33.8 Å². The van der Waals surface area contributed by atoms with Gasteiger partial charge in [0.05, 0.1) is 5.69 Å². The first-order valence-electron chi connectivity index (χ1n) is 7.71. The lowest BCUT2D eigenvalue weighted by Crippen LogP contribution is -2.12. The molecule has 0 saturated carbocycles. The summed E-state index contributed by atoms with van der Waals surface area (Å²) in [5.41, 5.74) is 4.67. The molecule has 1 heterocycles. The molecule has 1 amide bonds. The topological polar surface area (TPSA) is 54.0 Å². The Bertz CT molecular complexity index is 872. The van der Waals surface area contributed by atoms with Crippen LogP contribution in [0.4, 0.5) is 16.5 Å². The highest BCUT2D eigenvalue weighted by Gasteiger charge is 2.16. The minimum absolute atomic E-state index is 0.125. The van der Waals surface area contributed by atoms with Gasteiger partial charge in [0.25, 0.3) is 5.91 Å². The van der Waals surface area contributed by atoms with Crippen LogP contribution in [0.3, 0.4) is 0 Å². The first-order chi connectivity index (χ1) is 11.5. The van der Waals surface area contributed by atoms with Gasteiger partial charge in [-0.15, -0.1) is 0 Å². The second-order valence-electron chi connectivity index (χ2n) is 5.70. The monoisotopic (exact) mass is 337 g/mol. The maximum atomic E-state index is 12.6. The van der Waals surface area contributed by atoms with Gasteiger partial charge in [0.2, 0.25) is 0 Å². The summed E-state index contributed by atoms with van der Waals surface area (Å²) in [5.74, 6) is -0.125. The molecule has 0 unspecified atom stereocenters. The third-order valence-electron chi connectivity index (χ3n) is 3.67. The number of para-hydroxylation sites is 1. The second kappa shape index (κ2) is 6.84. The van der Waals surface area contributed by atoms with E-state index in [2.05, 4.69) is 15.6 Å². The van der Waals surface area contributed by atoms with Gasteiger partial charge in [0.15, 0.2) is 5.13 Å². The molecular formula is C19H19N3OS. The normalized spacial score (nSPS) is 10.5. The van der Waals surface area contributed by atoms with Crippen molar-refractivity contribution in [2.45, 2.75) is 20.8 Å². The van der Waals surface area contributed by atoms with E-state index >= 15 is 0 Å². The van der Waals surface area contributed by atoms with E-state index in [0.717, 1.165) is 28.2 Å². The predicted molar refractivity (Wildman–Crippen MR) is 100 cm³/mol. The summed E-state index contributed by atoms with van der Waals surface area (Å²) in [5, 5.41) is 6.93. The molecule has 3 rings (SSSR count). The van der Waals surface area contributed by atoms with Gasteiger partial charge in [-0.2, -0.15) is 0 Å². The molecule has 0 saturated heterocycles. The highest BCUT2D eigenvalue weighted by atomic mass is 32.1. The third-order valence-corrected chi connectivity index (χ3v) is 4.74. The fraction of sp³-hybridized carbons (Fsp3) is 0.158. The molecule has 5 heteroatoms. The van der Waals surface area contributed by atoms with Gasteiger partial charge in [-0.1, -0.05) is 41.7 Å². The molecule has 0 fully saturated rings. The van der Waals surface area contributed by atoms with Crippen LogP contribution < -0.4 is 10.6 Å². The SMILES string of the molecule is Cc1ccc(C)c(NC(=O)c2sc(Nc3ccccc3)nc2C)c1. The van der Waals surface area contributed by atoms with Gasteiger partial charge in [-0.25, -0.2) is 4.98 Å². The Labute approximate surface area is 145 Å².